The summed E-state index contributed by atoms with van der Waals surface area (Å²) < 4.78 is 0. The maximum absolute atomic E-state index is 11.1. The first-order valence-corrected chi connectivity index (χ1v) is 5.73. The van der Waals surface area contributed by atoms with E-state index in [1.54, 1.807) is 11.9 Å². The average molecular weight is 252 g/mol. The van der Waals surface area contributed by atoms with Crippen LogP contribution < -0.4 is 5.43 Å². The van der Waals surface area contributed by atoms with Crippen molar-refractivity contribution >= 4 is 33.3 Å². The minimum Gasteiger partial charge on any atom is -0.477 e. The molecule has 2 aromatic rings. The van der Waals surface area contributed by atoms with Crippen molar-refractivity contribution in [3.05, 3.63) is 16.8 Å². The summed E-state index contributed by atoms with van der Waals surface area (Å²) >= 11 is 1.16. The second kappa shape index (κ2) is 4.27. The third kappa shape index (κ3) is 2.06. The van der Waals surface area contributed by atoms with Gasteiger partial charge in [0.2, 0.25) is 0 Å². The summed E-state index contributed by atoms with van der Waals surface area (Å²) in [5, 5.41) is 11.6. The lowest BCUT2D eigenvalue weighted by atomic mass is 10.2. The average Bonchev–Trinajstić information content (AvgIpc) is 2.56. The Morgan fingerprint density at radius 3 is 2.76 bits per heavy atom. The molecule has 0 aromatic carbocycles. The Kier molecular flexibility index (Phi) is 2.95. The molecule has 0 aliphatic carbocycles. The van der Waals surface area contributed by atoms with E-state index in [4.69, 9.17) is 5.11 Å². The molecule has 0 amide bonds. The normalized spacial score (nSPS) is 11.1. The van der Waals surface area contributed by atoms with Gasteiger partial charge in [0.1, 0.15) is 16.0 Å². The molecule has 2 N–H and O–H groups in total. The van der Waals surface area contributed by atoms with Gasteiger partial charge in [-0.1, -0.05) is 0 Å². The Bertz CT molecular complexity index is 579. The number of fused-ring (bicyclic) bond motifs is 1. The van der Waals surface area contributed by atoms with Crippen molar-refractivity contribution in [3.8, 4) is 0 Å². The molecule has 0 spiro atoms. The van der Waals surface area contributed by atoms with E-state index in [-0.39, 0.29) is 0 Å². The molecule has 2 heterocycles. The number of rotatable bonds is 3. The first-order chi connectivity index (χ1) is 8.00. The summed E-state index contributed by atoms with van der Waals surface area (Å²) in [5.41, 5.74) is 3.73. The fourth-order valence-electron chi connectivity index (χ4n) is 1.57. The lowest BCUT2D eigenvalue weighted by Gasteiger charge is -2.13. The van der Waals surface area contributed by atoms with Gasteiger partial charge in [0, 0.05) is 14.1 Å². The van der Waals surface area contributed by atoms with Crippen LogP contribution in [0.1, 0.15) is 15.2 Å². The Morgan fingerprint density at radius 2 is 2.18 bits per heavy atom. The van der Waals surface area contributed by atoms with Crippen molar-refractivity contribution in [2.75, 3.05) is 19.5 Å². The minimum atomic E-state index is -0.929. The van der Waals surface area contributed by atoms with Gasteiger partial charge in [0.25, 0.3) is 0 Å². The lowest BCUT2D eigenvalue weighted by molar-refractivity contribution is 0.0701. The van der Waals surface area contributed by atoms with E-state index in [0.29, 0.717) is 21.1 Å². The summed E-state index contributed by atoms with van der Waals surface area (Å²) in [6.45, 7) is 1.77. The summed E-state index contributed by atoms with van der Waals surface area (Å²) in [6, 6.07) is 0. The third-order valence-corrected chi connectivity index (χ3v) is 3.44. The van der Waals surface area contributed by atoms with Gasteiger partial charge in [0.15, 0.2) is 5.82 Å². The predicted molar refractivity (Wildman–Crippen MR) is 66.4 cm³/mol. The highest BCUT2D eigenvalue weighted by Gasteiger charge is 2.18. The first kappa shape index (κ1) is 11.7. The zero-order chi connectivity index (χ0) is 12.6. The van der Waals surface area contributed by atoms with E-state index >= 15 is 0 Å². The minimum absolute atomic E-state index is 0.308. The number of thiophene rings is 1. The molecule has 2 aromatic heterocycles. The van der Waals surface area contributed by atoms with Crippen molar-refractivity contribution in [2.45, 2.75) is 6.92 Å². The quantitative estimate of drug-likeness (QED) is 0.808. The van der Waals surface area contributed by atoms with Crippen LogP contribution in [0.5, 0.6) is 0 Å². The van der Waals surface area contributed by atoms with Gasteiger partial charge in [-0.3, -0.25) is 0 Å². The zero-order valence-electron chi connectivity index (χ0n) is 9.68. The van der Waals surface area contributed by atoms with Crippen LogP contribution in [-0.2, 0) is 0 Å². The monoisotopic (exact) mass is 252 g/mol. The number of carbonyl (C=O) groups is 1. The van der Waals surface area contributed by atoms with Crippen molar-refractivity contribution in [2.24, 2.45) is 0 Å². The largest absolute Gasteiger partial charge is 0.477 e. The van der Waals surface area contributed by atoms with Gasteiger partial charge in [-0.25, -0.2) is 19.8 Å². The molecule has 0 unspecified atom stereocenters. The molecule has 0 saturated heterocycles. The number of carboxylic acids is 1. The smallest absolute Gasteiger partial charge is 0.346 e. The molecule has 2 rings (SSSR count). The van der Waals surface area contributed by atoms with Crippen molar-refractivity contribution in [3.63, 3.8) is 0 Å². The van der Waals surface area contributed by atoms with Crippen LogP contribution in [0.2, 0.25) is 0 Å². The number of hydrogen-bond donors (Lipinski definition) is 2. The first-order valence-electron chi connectivity index (χ1n) is 4.92. The number of aromatic nitrogens is 2. The molecular weight excluding hydrogens is 240 g/mol. The van der Waals surface area contributed by atoms with E-state index in [2.05, 4.69) is 15.4 Å². The number of carboxylic acid groups (broad SMARTS) is 1. The maximum atomic E-state index is 11.1. The van der Waals surface area contributed by atoms with Gasteiger partial charge in [0.05, 0.1) is 5.39 Å². The van der Waals surface area contributed by atoms with E-state index < -0.39 is 5.97 Å². The number of nitrogens with one attached hydrogen (secondary N) is 1. The molecule has 17 heavy (non-hydrogen) atoms. The van der Waals surface area contributed by atoms with Gasteiger partial charge in [-0.05, 0) is 12.5 Å². The molecule has 0 radical (unpaired) electrons. The van der Waals surface area contributed by atoms with Gasteiger partial charge in [-0.2, -0.15) is 0 Å². The molecular formula is C10H12N4O2S. The van der Waals surface area contributed by atoms with Gasteiger partial charge < -0.3 is 10.5 Å². The Labute approximate surface area is 102 Å². The summed E-state index contributed by atoms with van der Waals surface area (Å²) in [6.07, 6.45) is 1.43. The van der Waals surface area contributed by atoms with E-state index in [0.717, 1.165) is 16.7 Å². The Hall–Kier alpha value is -1.73. The topological polar surface area (TPSA) is 78.3 Å². The maximum Gasteiger partial charge on any atom is 0.346 e. The Morgan fingerprint density at radius 1 is 1.47 bits per heavy atom. The third-order valence-electron chi connectivity index (χ3n) is 2.25. The van der Waals surface area contributed by atoms with Crippen molar-refractivity contribution < 1.29 is 9.90 Å². The highest BCUT2D eigenvalue weighted by atomic mass is 32.1. The second-order valence-corrected chi connectivity index (χ2v) is 4.77. The molecule has 6 nitrogen and oxygen atoms in total. The van der Waals surface area contributed by atoms with Crippen LogP contribution in [0.3, 0.4) is 0 Å². The molecule has 0 aliphatic heterocycles. The van der Waals surface area contributed by atoms with Gasteiger partial charge >= 0.3 is 5.97 Å². The highest BCUT2D eigenvalue weighted by Crippen LogP contribution is 2.33. The number of aromatic carboxylic acids is 1. The SMILES string of the molecule is Cc1c(C(=O)O)sc2ncnc(NN(C)C)c12. The van der Waals surface area contributed by atoms with Crippen LogP contribution in [0.4, 0.5) is 5.82 Å². The van der Waals surface area contributed by atoms with Gasteiger partial charge in [-0.15, -0.1) is 11.3 Å². The molecule has 90 valence electrons. The number of hydrogen-bond acceptors (Lipinski definition) is 6. The molecule has 0 bridgehead atoms. The molecule has 7 heteroatoms. The molecule has 0 saturated carbocycles. The van der Waals surface area contributed by atoms with E-state index in [9.17, 15) is 4.79 Å². The molecule has 0 atom stereocenters. The summed E-state index contributed by atoms with van der Waals surface area (Å²) in [5.74, 6) is -0.303. The van der Waals surface area contributed by atoms with Crippen LogP contribution in [0, 0.1) is 6.92 Å². The van der Waals surface area contributed by atoms with E-state index in [1.807, 2.05) is 14.1 Å². The highest BCUT2D eigenvalue weighted by molar-refractivity contribution is 7.20. The van der Waals surface area contributed by atoms with Crippen LogP contribution in [0.15, 0.2) is 6.33 Å². The van der Waals surface area contributed by atoms with E-state index in [1.165, 1.54) is 6.33 Å². The molecule has 0 aliphatic rings. The predicted octanol–water partition coefficient (Wildman–Crippen LogP) is 1.59. The van der Waals surface area contributed by atoms with Crippen molar-refractivity contribution in [1.29, 1.82) is 0 Å². The fraction of sp³-hybridized carbons (Fsp3) is 0.300. The number of hydrazine groups is 1. The fourth-order valence-corrected chi connectivity index (χ4v) is 2.56. The number of nitrogens with zero attached hydrogens (tertiary/aromatic N) is 3. The number of aryl methyl sites for hydroxylation is 1. The number of anilines is 1. The van der Waals surface area contributed by atoms with Crippen LogP contribution >= 0.6 is 11.3 Å². The van der Waals surface area contributed by atoms with Crippen LogP contribution in [0.25, 0.3) is 10.2 Å². The summed E-state index contributed by atoms with van der Waals surface area (Å²) in [7, 11) is 3.68. The summed E-state index contributed by atoms with van der Waals surface area (Å²) in [4.78, 5) is 20.3. The molecule has 0 fully saturated rings. The standard InChI is InChI=1S/C10H12N4O2S/c1-5-6-8(13-14(2)3)11-4-12-9(6)17-7(5)10(15)16/h4H,1-3H3,(H,15,16)(H,11,12,13). The lowest BCUT2D eigenvalue weighted by Crippen LogP contribution is -2.20. The second-order valence-electron chi connectivity index (χ2n) is 3.77. The van der Waals surface area contributed by atoms with Crippen LogP contribution in [-0.4, -0.2) is 40.1 Å². The Balaban J connectivity index is 2.66. The van der Waals surface area contributed by atoms with Crippen molar-refractivity contribution in [1.82, 2.24) is 15.0 Å². The zero-order valence-corrected chi connectivity index (χ0v) is 10.5.